The number of nitrogens with one attached hydrogen (secondary N) is 1. The molecule has 0 aromatic rings. The summed E-state index contributed by atoms with van der Waals surface area (Å²) in [5.74, 6) is 0.834. The Bertz CT molecular complexity index is 237. The molecule has 0 bridgehead atoms. The smallest absolute Gasteiger partial charge is 0.303 e. The Labute approximate surface area is 101 Å². The van der Waals surface area contributed by atoms with Crippen molar-refractivity contribution in [3.05, 3.63) is 0 Å². The first kappa shape index (κ1) is 13.8. The maximum absolute atomic E-state index is 12.4. The van der Waals surface area contributed by atoms with E-state index in [-0.39, 0.29) is 6.10 Å². The molecule has 7 heteroatoms. The van der Waals surface area contributed by atoms with Crippen LogP contribution in [0.4, 0.5) is 0 Å². The highest BCUT2D eigenvalue weighted by molar-refractivity contribution is 7.54. The molecule has 0 saturated carbocycles. The van der Waals surface area contributed by atoms with E-state index >= 15 is 0 Å². The van der Waals surface area contributed by atoms with Crippen LogP contribution in [0.3, 0.4) is 0 Å². The first-order valence-electron chi connectivity index (χ1n) is 5.03. The zero-order valence-electron chi connectivity index (χ0n) is 8.79. The molecular weight excluding hydrogens is 258 g/mol. The molecule has 1 saturated heterocycles. The van der Waals surface area contributed by atoms with Gasteiger partial charge in [-0.25, -0.2) is 9.76 Å². The minimum absolute atomic E-state index is 0.0187. The summed E-state index contributed by atoms with van der Waals surface area (Å²) in [6.45, 7) is 3.67. The fourth-order valence-electron chi connectivity index (χ4n) is 1.48. The quantitative estimate of drug-likeness (QED) is 0.617. The summed E-state index contributed by atoms with van der Waals surface area (Å²) >= 11 is 11.3. The van der Waals surface area contributed by atoms with Crippen LogP contribution in [0.1, 0.15) is 13.3 Å². The first-order valence-corrected chi connectivity index (χ1v) is 7.68. The zero-order valence-corrected chi connectivity index (χ0v) is 11.2. The van der Waals surface area contributed by atoms with Crippen molar-refractivity contribution < 1.29 is 9.09 Å². The van der Waals surface area contributed by atoms with Crippen molar-refractivity contribution in [2.75, 3.05) is 31.4 Å². The molecule has 1 heterocycles. The second-order valence-electron chi connectivity index (χ2n) is 3.46. The number of rotatable bonds is 5. The third kappa shape index (κ3) is 3.88. The summed E-state index contributed by atoms with van der Waals surface area (Å²) in [6.07, 6.45) is 0.893. The molecule has 1 aliphatic heterocycles. The molecule has 1 N–H and O–H groups in total. The first-order chi connectivity index (χ1) is 7.12. The van der Waals surface area contributed by atoms with Gasteiger partial charge in [-0.3, -0.25) is 4.57 Å². The molecule has 0 amide bonds. The molecule has 0 aliphatic carbocycles. The summed E-state index contributed by atoms with van der Waals surface area (Å²) in [5.41, 5.74) is 0. The molecule has 2 atom stereocenters. The van der Waals surface area contributed by atoms with Crippen molar-refractivity contribution in [2.24, 2.45) is 0 Å². The lowest BCUT2D eigenvalue weighted by molar-refractivity contribution is 0.162. The monoisotopic (exact) mass is 274 g/mol. The standard InChI is InChI=1S/C8H17Cl2N2O2P/c1-8-2-5-11-15(13,14-8)12(6-3-9)7-4-10/h8H,2-7H2,1H3,(H,11,13)/t8-,15+/m0/s1. The van der Waals surface area contributed by atoms with Crippen molar-refractivity contribution >= 4 is 30.9 Å². The predicted molar refractivity (Wildman–Crippen MR) is 63.8 cm³/mol. The number of hydrogen-bond acceptors (Lipinski definition) is 2. The largest absolute Gasteiger partial charge is 0.343 e. The van der Waals surface area contributed by atoms with E-state index in [9.17, 15) is 4.57 Å². The normalized spacial score (nSPS) is 32.1. The van der Waals surface area contributed by atoms with Crippen LogP contribution < -0.4 is 5.09 Å². The maximum Gasteiger partial charge on any atom is 0.343 e. The molecular formula is C8H17Cl2N2O2P. The molecule has 1 fully saturated rings. The number of nitrogens with zero attached hydrogens (tertiary/aromatic N) is 1. The van der Waals surface area contributed by atoms with E-state index in [1.54, 1.807) is 4.67 Å². The number of alkyl halides is 2. The van der Waals surface area contributed by atoms with E-state index in [1.807, 2.05) is 6.92 Å². The molecule has 0 aromatic carbocycles. The fraction of sp³-hybridized carbons (Fsp3) is 1.00. The molecule has 0 radical (unpaired) electrons. The molecule has 15 heavy (non-hydrogen) atoms. The van der Waals surface area contributed by atoms with Gasteiger partial charge in [-0.05, 0) is 13.3 Å². The van der Waals surface area contributed by atoms with Crippen LogP contribution in [0, 0.1) is 0 Å². The van der Waals surface area contributed by atoms with Crippen molar-refractivity contribution in [3.8, 4) is 0 Å². The van der Waals surface area contributed by atoms with E-state index < -0.39 is 7.67 Å². The maximum atomic E-state index is 12.4. The van der Waals surface area contributed by atoms with Gasteiger partial charge in [0.1, 0.15) is 0 Å². The van der Waals surface area contributed by atoms with Crippen LogP contribution in [0.25, 0.3) is 0 Å². The summed E-state index contributed by atoms with van der Waals surface area (Å²) < 4.78 is 19.6. The lowest BCUT2D eigenvalue weighted by Crippen LogP contribution is -2.38. The topological polar surface area (TPSA) is 41.6 Å². The minimum Gasteiger partial charge on any atom is -0.303 e. The van der Waals surface area contributed by atoms with Gasteiger partial charge in [-0.1, -0.05) is 0 Å². The Hall–Kier alpha value is 0.690. The molecule has 1 aliphatic rings. The van der Waals surface area contributed by atoms with Gasteiger partial charge in [-0.2, -0.15) is 0 Å². The van der Waals surface area contributed by atoms with Gasteiger partial charge in [0.25, 0.3) is 0 Å². The summed E-state index contributed by atoms with van der Waals surface area (Å²) in [5, 5.41) is 2.94. The summed E-state index contributed by atoms with van der Waals surface area (Å²) in [4.78, 5) is 0. The van der Waals surface area contributed by atoms with E-state index in [0.29, 0.717) is 31.4 Å². The number of halogens is 2. The predicted octanol–water partition coefficient (Wildman–Crippen LogP) is 2.27. The van der Waals surface area contributed by atoms with Crippen LogP contribution >= 0.6 is 30.9 Å². The third-order valence-corrected chi connectivity index (χ3v) is 4.99. The van der Waals surface area contributed by atoms with Gasteiger partial charge in [0, 0.05) is 31.4 Å². The van der Waals surface area contributed by atoms with Crippen LogP contribution in [-0.2, 0) is 9.09 Å². The van der Waals surface area contributed by atoms with E-state index in [2.05, 4.69) is 5.09 Å². The molecule has 0 aromatic heterocycles. The van der Waals surface area contributed by atoms with Crippen LogP contribution in [0.5, 0.6) is 0 Å². The third-order valence-electron chi connectivity index (χ3n) is 2.24. The molecule has 1 rings (SSSR count). The molecule has 0 unspecified atom stereocenters. The highest BCUT2D eigenvalue weighted by Gasteiger charge is 2.35. The highest BCUT2D eigenvalue weighted by atomic mass is 35.5. The fourth-order valence-corrected chi connectivity index (χ4v) is 4.26. The van der Waals surface area contributed by atoms with Gasteiger partial charge in [0.05, 0.1) is 6.10 Å². The Morgan fingerprint density at radius 3 is 2.53 bits per heavy atom. The van der Waals surface area contributed by atoms with E-state index in [1.165, 1.54) is 0 Å². The van der Waals surface area contributed by atoms with Crippen LogP contribution in [0.15, 0.2) is 0 Å². The van der Waals surface area contributed by atoms with Gasteiger partial charge in [0.15, 0.2) is 0 Å². The Morgan fingerprint density at radius 2 is 2.07 bits per heavy atom. The van der Waals surface area contributed by atoms with Crippen LogP contribution in [0.2, 0.25) is 0 Å². The molecule has 90 valence electrons. The van der Waals surface area contributed by atoms with E-state index in [4.69, 9.17) is 27.7 Å². The molecule has 0 spiro atoms. The second-order valence-corrected chi connectivity index (χ2v) is 6.35. The lowest BCUT2D eigenvalue weighted by Gasteiger charge is -2.35. The summed E-state index contributed by atoms with van der Waals surface area (Å²) in [7, 11) is -2.90. The van der Waals surface area contributed by atoms with Crippen molar-refractivity contribution in [3.63, 3.8) is 0 Å². The Kier molecular flexibility index (Phi) is 5.90. The average Bonchev–Trinajstić information content (AvgIpc) is 2.17. The lowest BCUT2D eigenvalue weighted by atomic mass is 10.3. The molecule has 4 nitrogen and oxygen atoms in total. The average molecular weight is 275 g/mol. The zero-order chi connectivity index (χ0) is 11.3. The second kappa shape index (κ2) is 6.43. The Morgan fingerprint density at radius 1 is 1.47 bits per heavy atom. The van der Waals surface area contributed by atoms with Gasteiger partial charge in [0.2, 0.25) is 0 Å². The van der Waals surface area contributed by atoms with Crippen molar-refractivity contribution in [1.29, 1.82) is 0 Å². The van der Waals surface area contributed by atoms with Crippen molar-refractivity contribution in [2.45, 2.75) is 19.4 Å². The van der Waals surface area contributed by atoms with Crippen LogP contribution in [-0.4, -0.2) is 42.2 Å². The summed E-state index contributed by atoms with van der Waals surface area (Å²) in [6, 6.07) is 0. The van der Waals surface area contributed by atoms with Crippen molar-refractivity contribution in [1.82, 2.24) is 9.76 Å². The Balaban J connectivity index is 2.66. The minimum atomic E-state index is -2.90. The SMILES string of the molecule is C[C@H]1CCN[P@](=O)(N(CCCl)CCCl)O1. The van der Waals surface area contributed by atoms with E-state index in [0.717, 1.165) is 6.42 Å². The van der Waals surface area contributed by atoms with Gasteiger partial charge >= 0.3 is 7.67 Å². The highest BCUT2D eigenvalue weighted by Crippen LogP contribution is 2.49. The van der Waals surface area contributed by atoms with Gasteiger partial charge in [-0.15, -0.1) is 23.2 Å². The van der Waals surface area contributed by atoms with Gasteiger partial charge < -0.3 is 4.52 Å². The number of hydrogen-bond donors (Lipinski definition) is 1.